The van der Waals surface area contributed by atoms with Crippen molar-refractivity contribution in [1.29, 1.82) is 0 Å². The number of hydrogen-bond acceptors (Lipinski definition) is 5. The van der Waals surface area contributed by atoms with Crippen molar-refractivity contribution in [2.24, 2.45) is 0 Å². The summed E-state index contributed by atoms with van der Waals surface area (Å²) in [5.74, 6) is 0.199. The number of thioether (sulfide) groups is 1. The fourth-order valence-corrected chi connectivity index (χ4v) is 4.42. The van der Waals surface area contributed by atoms with Crippen molar-refractivity contribution >= 4 is 46.2 Å². The molecule has 3 aromatic carbocycles. The largest absolute Gasteiger partial charge is 0.496 e. The van der Waals surface area contributed by atoms with Gasteiger partial charge in [-0.2, -0.15) is 0 Å². The summed E-state index contributed by atoms with van der Waals surface area (Å²) >= 11 is 7.05. The summed E-state index contributed by atoms with van der Waals surface area (Å²) in [4.78, 5) is 12.3. The van der Waals surface area contributed by atoms with Crippen LogP contribution in [-0.2, 0) is 11.3 Å². The molecule has 1 heterocycles. The van der Waals surface area contributed by atoms with Crippen molar-refractivity contribution in [3.63, 3.8) is 0 Å². The number of rotatable bonds is 7. The van der Waals surface area contributed by atoms with E-state index in [9.17, 15) is 9.90 Å². The molecular weight excluding hydrogens is 446 g/mol. The Morgan fingerprint density at radius 2 is 1.88 bits per heavy atom. The smallest absolute Gasteiger partial charge is 0.342 e. The first-order valence-corrected chi connectivity index (χ1v) is 11.1. The zero-order valence-electron chi connectivity index (χ0n) is 17.4. The molecule has 6 nitrogen and oxygen atoms in total. The number of methoxy groups -OCH3 is 1. The Morgan fingerprint density at radius 1 is 1.12 bits per heavy atom. The van der Waals surface area contributed by atoms with E-state index in [2.05, 4.69) is 10.2 Å². The zero-order chi connectivity index (χ0) is 22.7. The molecule has 4 aromatic rings. The second-order valence-corrected chi connectivity index (χ2v) is 8.32. The fraction of sp³-hybridized carbons (Fsp3) is 0.125. The summed E-state index contributed by atoms with van der Waals surface area (Å²) in [6.07, 6.45) is 1.63. The quantitative estimate of drug-likeness (QED) is 0.266. The average molecular weight is 466 g/mol. The Labute approximate surface area is 194 Å². The van der Waals surface area contributed by atoms with E-state index in [1.54, 1.807) is 25.3 Å². The van der Waals surface area contributed by atoms with E-state index in [4.69, 9.17) is 16.3 Å². The third-order valence-corrected chi connectivity index (χ3v) is 6.22. The molecule has 0 aliphatic heterocycles. The van der Waals surface area contributed by atoms with Crippen LogP contribution in [0.15, 0.2) is 70.7 Å². The lowest BCUT2D eigenvalue weighted by atomic mass is 10.0. The highest BCUT2D eigenvalue weighted by atomic mass is 35.5. The Kier molecular flexibility index (Phi) is 6.48. The van der Waals surface area contributed by atoms with Gasteiger partial charge in [-0.25, -0.2) is 4.79 Å². The van der Waals surface area contributed by atoms with E-state index >= 15 is 0 Å². The lowest BCUT2D eigenvalue weighted by Crippen LogP contribution is -2.03. The molecule has 1 N–H and O–H groups in total. The summed E-state index contributed by atoms with van der Waals surface area (Å²) < 4.78 is 7.39. The van der Waals surface area contributed by atoms with Crippen LogP contribution < -0.4 is 4.74 Å². The van der Waals surface area contributed by atoms with Gasteiger partial charge < -0.3 is 14.4 Å². The highest BCUT2D eigenvalue weighted by Gasteiger charge is 2.19. The van der Waals surface area contributed by atoms with Crippen LogP contribution in [0.2, 0.25) is 5.02 Å². The molecule has 0 amide bonds. The van der Waals surface area contributed by atoms with Crippen LogP contribution >= 0.6 is 23.4 Å². The molecule has 0 atom stereocenters. The molecule has 0 bridgehead atoms. The minimum atomic E-state index is -1.05. The number of carboxylic acid groups (broad SMARTS) is 1. The van der Waals surface area contributed by atoms with Gasteiger partial charge in [-0.3, -0.25) is 0 Å². The lowest BCUT2D eigenvalue weighted by Gasteiger charge is -2.11. The Hall–Kier alpha value is -3.29. The maximum absolute atomic E-state index is 12.2. The Morgan fingerprint density at radius 3 is 2.56 bits per heavy atom. The number of ether oxygens (including phenoxy) is 1. The second-order valence-electron chi connectivity index (χ2n) is 6.88. The van der Waals surface area contributed by atoms with Crippen molar-refractivity contribution in [3.8, 4) is 17.1 Å². The lowest BCUT2D eigenvalue weighted by molar-refractivity contribution is -0.131. The Balaban J connectivity index is 1.78. The van der Waals surface area contributed by atoms with Gasteiger partial charge in [-0.05, 0) is 65.9 Å². The summed E-state index contributed by atoms with van der Waals surface area (Å²) in [5, 5.41) is 21.5. The van der Waals surface area contributed by atoms with E-state index in [0.29, 0.717) is 33.9 Å². The number of nitrogens with zero attached hydrogens (tertiary/aromatic N) is 3. The van der Waals surface area contributed by atoms with Gasteiger partial charge in [0.1, 0.15) is 10.7 Å². The highest BCUT2D eigenvalue weighted by molar-refractivity contribution is 8.04. The van der Waals surface area contributed by atoms with Gasteiger partial charge in [0.25, 0.3) is 0 Å². The van der Waals surface area contributed by atoms with Crippen molar-refractivity contribution in [2.45, 2.75) is 18.6 Å². The molecule has 0 saturated heterocycles. The molecular formula is C24H20ClN3O3S. The maximum Gasteiger partial charge on any atom is 0.342 e. The average Bonchev–Trinajstić information content (AvgIpc) is 3.21. The molecule has 32 heavy (non-hydrogen) atoms. The Bertz CT molecular complexity index is 1320. The van der Waals surface area contributed by atoms with Crippen LogP contribution in [0.1, 0.15) is 12.5 Å². The number of hydrogen-bond donors (Lipinski definition) is 1. The van der Waals surface area contributed by atoms with Gasteiger partial charge >= 0.3 is 5.97 Å². The molecule has 162 valence electrons. The third kappa shape index (κ3) is 4.35. The number of carboxylic acids is 1. The van der Waals surface area contributed by atoms with E-state index in [1.165, 1.54) is 0 Å². The predicted molar refractivity (Wildman–Crippen MR) is 128 cm³/mol. The van der Waals surface area contributed by atoms with Gasteiger partial charge in [0, 0.05) is 22.7 Å². The number of benzene rings is 3. The first-order valence-electron chi connectivity index (χ1n) is 9.89. The number of carbonyl (C=O) groups is 1. The number of aromatic nitrogens is 3. The normalized spacial score (nSPS) is 11.7. The van der Waals surface area contributed by atoms with Gasteiger partial charge in [-0.15, -0.1) is 10.2 Å². The maximum atomic E-state index is 12.2. The number of halogens is 1. The summed E-state index contributed by atoms with van der Waals surface area (Å²) in [6.45, 7) is 2.54. The van der Waals surface area contributed by atoms with Crippen LogP contribution in [0.25, 0.3) is 28.2 Å². The first kappa shape index (κ1) is 21.9. The van der Waals surface area contributed by atoms with Crippen molar-refractivity contribution in [3.05, 3.63) is 76.2 Å². The SMILES string of the molecule is CCn1c(S/C(=C\c2c(OC)ccc3ccccc23)C(=O)O)nnc1-c1ccc(Cl)cc1. The summed E-state index contributed by atoms with van der Waals surface area (Å²) in [5.41, 5.74) is 1.56. The van der Waals surface area contributed by atoms with Gasteiger partial charge in [-0.1, -0.05) is 41.9 Å². The molecule has 0 aliphatic carbocycles. The molecule has 0 spiro atoms. The van der Waals surface area contributed by atoms with Crippen LogP contribution in [0.3, 0.4) is 0 Å². The van der Waals surface area contributed by atoms with Crippen LogP contribution in [-0.4, -0.2) is 33.0 Å². The minimum absolute atomic E-state index is 0.115. The molecule has 0 aliphatic rings. The summed E-state index contributed by atoms with van der Waals surface area (Å²) in [7, 11) is 1.57. The molecule has 0 unspecified atom stereocenters. The predicted octanol–water partition coefficient (Wildman–Crippen LogP) is 6.00. The molecule has 0 saturated carbocycles. The van der Waals surface area contributed by atoms with Crippen LogP contribution in [0.5, 0.6) is 5.75 Å². The molecule has 4 rings (SSSR count). The van der Waals surface area contributed by atoms with Crippen molar-refractivity contribution < 1.29 is 14.6 Å². The molecule has 1 aromatic heterocycles. The highest BCUT2D eigenvalue weighted by Crippen LogP contribution is 2.35. The van der Waals surface area contributed by atoms with Gasteiger partial charge in [0.2, 0.25) is 0 Å². The van der Waals surface area contributed by atoms with Crippen LogP contribution in [0.4, 0.5) is 0 Å². The molecule has 0 fully saturated rings. The van der Waals surface area contributed by atoms with Gasteiger partial charge in [0.15, 0.2) is 11.0 Å². The molecule has 0 radical (unpaired) electrons. The zero-order valence-corrected chi connectivity index (χ0v) is 19.0. The third-order valence-electron chi connectivity index (χ3n) is 4.97. The van der Waals surface area contributed by atoms with E-state index in [0.717, 1.165) is 28.1 Å². The minimum Gasteiger partial charge on any atom is -0.496 e. The second kappa shape index (κ2) is 9.46. The van der Waals surface area contributed by atoms with Crippen molar-refractivity contribution in [2.75, 3.05) is 7.11 Å². The molecule has 8 heteroatoms. The fourth-order valence-electron chi connectivity index (χ4n) is 3.43. The number of aliphatic carboxylic acids is 1. The van der Waals surface area contributed by atoms with Crippen LogP contribution in [0, 0.1) is 0 Å². The topological polar surface area (TPSA) is 77.2 Å². The van der Waals surface area contributed by atoms with E-state index in [-0.39, 0.29) is 4.91 Å². The summed E-state index contributed by atoms with van der Waals surface area (Å²) in [6, 6.07) is 18.9. The number of fused-ring (bicyclic) bond motifs is 1. The van der Waals surface area contributed by atoms with Gasteiger partial charge in [0.05, 0.1) is 7.11 Å². The van der Waals surface area contributed by atoms with Crippen molar-refractivity contribution in [1.82, 2.24) is 14.8 Å². The standard InChI is InChI=1S/C24H20ClN3O3S/c1-3-28-22(16-8-11-17(25)12-9-16)26-27-24(28)32-21(23(29)30)14-19-18-7-5-4-6-15(18)10-13-20(19)31-2/h4-14H,3H2,1-2H3,(H,29,30)/b21-14-. The monoisotopic (exact) mass is 465 g/mol. The van der Waals surface area contributed by atoms with E-state index < -0.39 is 5.97 Å². The van der Waals surface area contributed by atoms with E-state index in [1.807, 2.05) is 60.0 Å². The first-order chi connectivity index (χ1) is 15.5.